The molecule has 0 bridgehead atoms. The van der Waals surface area contributed by atoms with Gasteiger partial charge in [-0.15, -0.1) is 0 Å². The Hall–Kier alpha value is -0.0400. The first-order valence-corrected chi connectivity index (χ1v) is 4.97. The Balaban J connectivity index is 2.04. The molecule has 1 aliphatic heterocycles. The predicted molar refractivity (Wildman–Crippen MR) is 47.7 cm³/mol. The molecule has 0 radical (unpaired) electrons. The third kappa shape index (κ3) is 2.82. The van der Waals surface area contributed by atoms with Gasteiger partial charge in [-0.1, -0.05) is 39.5 Å². The van der Waals surface area contributed by atoms with E-state index in [1.807, 2.05) is 0 Å². The van der Waals surface area contributed by atoms with Gasteiger partial charge in [-0.2, -0.15) is 0 Å². The van der Waals surface area contributed by atoms with Gasteiger partial charge < -0.3 is 4.74 Å². The summed E-state index contributed by atoms with van der Waals surface area (Å²) in [5.74, 6) is 0. The van der Waals surface area contributed by atoms with Gasteiger partial charge in [0.05, 0.1) is 12.2 Å². The zero-order valence-electron chi connectivity index (χ0n) is 7.86. The molecule has 1 atom stereocenters. The molecule has 1 fully saturated rings. The smallest absolute Gasteiger partial charge is 0.0916 e. The van der Waals surface area contributed by atoms with Crippen LogP contribution >= 0.6 is 0 Å². The van der Waals surface area contributed by atoms with Crippen LogP contribution in [0.25, 0.3) is 0 Å². The Morgan fingerprint density at radius 3 is 2.27 bits per heavy atom. The first kappa shape index (κ1) is 9.05. The lowest BCUT2D eigenvalue weighted by Crippen LogP contribution is -2.09. The van der Waals surface area contributed by atoms with Gasteiger partial charge in [0.25, 0.3) is 0 Å². The zero-order valence-corrected chi connectivity index (χ0v) is 7.86. The minimum Gasteiger partial charge on any atom is -0.370 e. The van der Waals surface area contributed by atoms with Crippen molar-refractivity contribution in [1.29, 1.82) is 0 Å². The Labute approximate surface area is 70.1 Å². The maximum absolute atomic E-state index is 5.48. The molecule has 11 heavy (non-hydrogen) atoms. The lowest BCUT2D eigenvalue weighted by molar-refractivity contribution is 0.266. The van der Waals surface area contributed by atoms with Crippen molar-refractivity contribution in [2.75, 3.05) is 6.61 Å². The second-order valence-electron chi connectivity index (χ2n) is 3.68. The van der Waals surface area contributed by atoms with Crippen molar-refractivity contribution in [1.82, 2.24) is 0 Å². The van der Waals surface area contributed by atoms with E-state index >= 15 is 0 Å². The third-order valence-electron chi connectivity index (χ3n) is 2.49. The predicted octanol–water partition coefficient (Wildman–Crippen LogP) is 3.14. The van der Waals surface area contributed by atoms with E-state index in [2.05, 4.69) is 13.8 Å². The Bertz CT molecular complexity index is 105. The maximum atomic E-state index is 5.48. The van der Waals surface area contributed by atoms with Gasteiger partial charge in [0.2, 0.25) is 0 Å². The number of rotatable bonds is 6. The second kappa shape index (κ2) is 4.10. The van der Waals surface area contributed by atoms with E-state index < -0.39 is 0 Å². The number of hydrogen-bond acceptors (Lipinski definition) is 1. The molecule has 1 saturated heterocycles. The molecule has 1 rings (SSSR count). The molecule has 1 nitrogen and oxygen atoms in total. The van der Waals surface area contributed by atoms with Crippen LogP contribution in [0, 0.1) is 0 Å². The summed E-state index contributed by atoms with van der Waals surface area (Å²) < 4.78 is 5.48. The van der Waals surface area contributed by atoms with Crippen molar-refractivity contribution in [3.63, 3.8) is 0 Å². The van der Waals surface area contributed by atoms with E-state index in [0.29, 0.717) is 5.60 Å². The lowest BCUT2D eigenvalue weighted by atomic mass is 9.97. The van der Waals surface area contributed by atoms with E-state index in [-0.39, 0.29) is 0 Å². The molecule has 1 unspecified atom stereocenters. The monoisotopic (exact) mass is 156 g/mol. The summed E-state index contributed by atoms with van der Waals surface area (Å²) in [6.45, 7) is 5.52. The van der Waals surface area contributed by atoms with Crippen LogP contribution in [-0.4, -0.2) is 12.2 Å². The largest absolute Gasteiger partial charge is 0.370 e. The molecule has 1 heterocycles. The van der Waals surface area contributed by atoms with Crippen molar-refractivity contribution in [2.24, 2.45) is 0 Å². The normalized spacial score (nSPS) is 28.9. The molecule has 0 aromatic rings. The standard InChI is InChI=1S/C10H20O/c1-3-5-6-8-10(7-4-2)9-11-10/h3-9H2,1-2H3. The molecule has 1 heteroatoms. The quantitative estimate of drug-likeness (QED) is 0.425. The van der Waals surface area contributed by atoms with Crippen LogP contribution in [0.5, 0.6) is 0 Å². The number of epoxide rings is 1. The van der Waals surface area contributed by atoms with Gasteiger partial charge in [-0.3, -0.25) is 0 Å². The van der Waals surface area contributed by atoms with Gasteiger partial charge >= 0.3 is 0 Å². The molecule has 66 valence electrons. The van der Waals surface area contributed by atoms with Gasteiger partial charge in [0.1, 0.15) is 0 Å². The highest BCUT2D eigenvalue weighted by Gasteiger charge is 2.42. The van der Waals surface area contributed by atoms with Gasteiger partial charge in [-0.05, 0) is 12.8 Å². The van der Waals surface area contributed by atoms with Crippen molar-refractivity contribution in [3.05, 3.63) is 0 Å². The highest BCUT2D eigenvalue weighted by Crippen LogP contribution is 2.37. The highest BCUT2D eigenvalue weighted by molar-refractivity contribution is 4.91. The maximum Gasteiger partial charge on any atom is 0.0916 e. The molecule has 0 spiro atoms. The Morgan fingerprint density at radius 1 is 1.09 bits per heavy atom. The molecule has 0 saturated carbocycles. The number of unbranched alkanes of at least 4 members (excludes halogenated alkanes) is 2. The van der Waals surface area contributed by atoms with Crippen molar-refractivity contribution in [3.8, 4) is 0 Å². The Kier molecular flexibility index (Phi) is 3.38. The summed E-state index contributed by atoms with van der Waals surface area (Å²) in [6.07, 6.45) is 7.89. The average molecular weight is 156 g/mol. The van der Waals surface area contributed by atoms with Gasteiger partial charge in [0.15, 0.2) is 0 Å². The van der Waals surface area contributed by atoms with E-state index in [4.69, 9.17) is 4.74 Å². The van der Waals surface area contributed by atoms with Gasteiger partial charge in [-0.25, -0.2) is 0 Å². The van der Waals surface area contributed by atoms with Crippen LogP contribution in [-0.2, 0) is 4.74 Å². The molecule has 0 aromatic carbocycles. The lowest BCUT2D eigenvalue weighted by Gasteiger charge is -2.08. The van der Waals surface area contributed by atoms with E-state index in [9.17, 15) is 0 Å². The summed E-state index contributed by atoms with van der Waals surface area (Å²) in [5.41, 5.74) is 0.351. The summed E-state index contributed by atoms with van der Waals surface area (Å²) >= 11 is 0. The zero-order chi connectivity index (χ0) is 8.16. The second-order valence-corrected chi connectivity index (χ2v) is 3.68. The number of hydrogen-bond donors (Lipinski definition) is 0. The molecule has 0 aliphatic carbocycles. The minimum atomic E-state index is 0.351. The van der Waals surface area contributed by atoms with E-state index in [0.717, 1.165) is 6.61 Å². The van der Waals surface area contributed by atoms with Crippen LogP contribution < -0.4 is 0 Å². The SMILES string of the molecule is CCCCCC1(CCC)CO1. The first-order valence-electron chi connectivity index (χ1n) is 4.97. The molecule has 1 aliphatic rings. The van der Waals surface area contributed by atoms with Crippen LogP contribution in [0.4, 0.5) is 0 Å². The molecule has 0 aromatic heterocycles. The average Bonchev–Trinajstić information content (AvgIpc) is 2.71. The van der Waals surface area contributed by atoms with Crippen molar-refractivity contribution >= 4 is 0 Å². The molecular weight excluding hydrogens is 136 g/mol. The fraction of sp³-hybridized carbons (Fsp3) is 1.00. The van der Waals surface area contributed by atoms with Crippen LogP contribution in [0.1, 0.15) is 52.4 Å². The summed E-state index contributed by atoms with van der Waals surface area (Å²) in [7, 11) is 0. The van der Waals surface area contributed by atoms with Gasteiger partial charge in [0, 0.05) is 0 Å². The summed E-state index contributed by atoms with van der Waals surface area (Å²) in [4.78, 5) is 0. The highest BCUT2D eigenvalue weighted by atomic mass is 16.6. The Morgan fingerprint density at radius 2 is 1.82 bits per heavy atom. The third-order valence-corrected chi connectivity index (χ3v) is 2.49. The van der Waals surface area contributed by atoms with Crippen LogP contribution in [0.2, 0.25) is 0 Å². The fourth-order valence-electron chi connectivity index (χ4n) is 1.67. The summed E-state index contributed by atoms with van der Waals surface area (Å²) in [5, 5.41) is 0. The first-order chi connectivity index (χ1) is 5.33. The van der Waals surface area contributed by atoms with Crippen LogP contribution in [0.3, 0.4) is 0 Å². The van der Waals surface area contributed by atoms with E-state index in [1.165, 1.54) is 38.5 Å². The molecule has 0 amide bonds. The molecule has 0 N–H and O–H groups in total. The van der Waals surface area contributed by atoms with Crippen LogP contribution in [0.15, 0.2) is 0 Å². The fourth-order valence-corrected chi connectivity index (χ4v) is 1.67. The number of ether oxygens (including phenoxy) is 1. The summed E-state index contributed by atoms with van der Waals surface area (Å²) in [6, 6.07) is 0. The van der Waals surface area contributed by atoms with E-state index in [1.54, 1.807) is 0 Å². The topological polar surface area (TPSA) is 12.5 Å². The molecular formula is C10H20O. The van der Waals surface area contributed by atoms with Crippen molar-refractivity contribution in [2.45, 2.75) is 58.0 Å². The minimum absolute atomic E-state index is 0.351. The van der Waals surface area contributed by atoms with Crippen molar-refractivity contribution < 1.29 is 4.74 Å².